The van der Waals surface area contributed by atoms with Crippen molar-refractivity contribution in [1.82, 2.24) is 10.3 Å². The first kappa shape index (κ1) is 18.2. The molecule has 0 saturated carbocycles. The quantitative estimate of drug-likeness (QED) is 0.676. The number of amides is 2. The average molecular weight is 371 g/mol. The lowest BCUT2D eigenvalue weighted by atomic mass is 10.1. The molecule has 3 aromatic rings. The summed E-state index contributed by atoms with van der Waals surface area (Å²) in [7, 11) is 0. The molecule has 0 bridgehead atoms. The Labute approximate surface area is 153 Å². The molecule has 0 atom stereocenters. The topological polar surface area (TPSA) is 80.3 Å². The number of alkyl halides is 2. The van der Waals surface area contributed by atoms with E-state index in [4.69, 9.17) is 0 Å². The highest BCUT2D eigenvalue weighted by Gasteiger charge is 2.15. The smallest absolute Gasteiger partial charge is 0.387 e. The van der Waals surface area contributed by atoms with Crippen LogP contribution >= 0.6 is 0 Å². The molecule has 0 unspecified atom stereocenters. The van der Waals surface area contributed by atoms with Gasteiger partial charge in [0.2, 0.25) is 0 Å². The van der Waals surface area contributed by atoms with Gasteiger partial charge in [0.15, 0.2) is 0 Å². The average Bonchev–Trinajstić information content (AvgIpc) is 2.65. The number of halogens is 2. The normalized spacial score (nSPS) is 10.6. The number of para-hydroxylation sites is 1. The standard InChI is InChI=1S/C19H15F2N3O3/c20-19(21)27-15-8-2-7-14(10-15)24-18(26)17(25)23-11-13-5-1-4-12-6-3-9-22-16(12)13/h1-10,19H,11H2,(H,23,25)(H,24,26). The molecular formula is C19H15F2N3O3. The van der Waals surface area contributed by atoms with E-state index in [0.29, 0.717) is 0 Å². The van der Waals surface area contributed by atoms with Crippen molar-refractivity contribution >= 4 is 28.4 Å². The first-order chi connectivity index (χ1) is 13.0. The SMILES string of the molecule is O=C(NCc1cccc2cccnc12)C(=O)Nc1cccc(OC(F)F)c1. The number of nitrogens with zero attached hydrogens (tertiary/aromatic N) is 1. The molecule has 0 saturated heterocycles. The number of nitrogens with one attached hydrogen (secondary N) is 2. The van der Waals surface area contributed by atoms with E-state index in [1.165, 1.54) is 24.3 Å². The molecule has 1 heterocycles. The van der Waals surface area contributed by atoms with Gasteiger partial charge in [-0.2, -0.15) is 8.78 Å². The summed E-state index contributed by atoms with van der Waals surface area (Å²) in [4.78, 5) is 28.3. The molecule has 27 heavy (non-hydrogen) atoms. The molecule has 2 N–H and O–H groups in total. The third-order valence-electron chi connectivity index (χ3n) is 3.68. The van der Waals surface area contributed by atoms with Crippen molar-refractivity contribution in [2.75, 3.05) is 5.32 Å². The maximum atomic E-state index is 12.2. The van der Waals surface area contributed by atoms with Crippen LogP contribution in [-0.2, 0) is 16.1 Å². The van der Waals surface area contributed by atoms with Crippen molar-refractivity contribution in [3.05, 3.63) is 66.4 Å². The van der Waals surface area contributed by atoms with Gasteiger partial charge in [-0.3, -0.25) is 14.6 Å². The van der Waals surface area contributed by atoms with Gasteiger partial charge in [0.25, 0.3) is 0 Å². The van der Waals surface area contributed by atoms with Crippen molar-refractivity contribution < 1.29 is 23.1 Å². The van der Waals surface area contributed by atoms with E-state index in [1.54, 1.807) is 12.3 Å². The fourth-order valence-corrected chi connectivity index (χ4v) is 2.50. The van der Waals surface area contributed by atoms with E-state index in [1.807, 2.05) is 24.3 Å². The Morgan fingerprint density at radius 1 is 1.04 bits per heavy atom. The number of pyridine rings is 1. The van der Waals surface area contributed by atoms with Gasteiger partial charge in [0.1, 0.15) is 5.75 Å². The van der Waals surface area contributed by atoms with Crippen molar-refractivity contribution in [1.29, 1.82) is 0 Å². The lowest BCUT2D eigenvalue weighted by Gasteiger charge is -2.09. The Kier molecular flexibility index (Phi) is 5.55. The Morgan fingerprint density at radius 3 is 2.63 bits per heavy atom. The summed E-state index contributed by atoms with van der Waals surface area (Å²) < 4.78 is 28.7. The molecule has 0 spiro atoms. The van der Waals surface area contributed by atoms with Gasteiger partial charge in [0, 0.05) is 29.9 Å². The molecule has 138 valence electrons. The number of aromatic nitrogens is 1. The molecule has 8 heteroatoms. The highest BCUT2D eigenvalue weighted by atomic mass is 19.3. The summed E-state index contributed by atoms with van der Waals surface area (Å²) in [6, 6.07) is 14.6. The van der Waals surface area contributed by atoms with Crippen LogP contribution in [0.5, 0.6) is 5.75 Å². The van der Waals surface area contributed by atoms with Crippen LogP contribution in [0.4, 0.5) is 14.5 Å². The molecule has 0 radical (unpaired) electrons. The Balaban J connectivity index is 1.62. The highest BCUT2D eigenvalue weighted by Crippen LogP contribution is 2.19. The zero-order valence-electron chi connectivity index (χ0n) is 14.0. The van der Waals surface area contributed by atoms with Gasteiger partial charge >= 0.3 is 18.4 Å². The minimum Gasteiger partial charge on any atom is -0.435 e. The van der Waals surface area contributed by atoms with Crippen LogP contribution < -0.4 is 15.4 Å². The number of fused-ring (bicyclic) bond motifs is 1. The van der Waals surface area contributed by atoms with E-state index in [9.17, 15) is 18.4 Å². The molecular weight excluding hydrogens is 356 g/mol. The largest absolute Gasteiger partial charge is 0.435 e. The van der Waals surface area contributed by atoms with E-state index >= 15 is 0 Å². The van der Waals surface area contributed by atoms with E-state index in [0.717, 1.165) is 16.5 Å². The van der Waals surface area contributed by atoms with Crippen LogP contribution in [0.2, 0.25) is 0 Å². The number of benzene rings is 2. The molecule has 0 fully saturated rings. The van der Waals surface area contributed by atoms with Gasteiger partial charge < -0.3 is 15.4 Å². The summed E-state index contributed by atoms with van der Waals surface area (Å²) in [5, 5.41) is 5.77. The zero-order valence-corrected chi connectivity index (χ0v) is 14.0. The van der Waals surface area contributed by atoms with Gasteiger partial charge in [-0.15, -0.1) is 0 Å². The molecule has 0 aliphatic carbocycles. The summed E-state index contributed by atoms with van der Waals surface area (Å²) in [6.45, 7) is -2.86. The second-order valence-electron chi connectivity index (χ2n) is 5.54. The molecule has 6 nitrogen and oxygen atoms in total. The van der Waals surface area contributed by atoms with Gasteiger partial charge in [-0.1, -0.05) is 30.3 Å². The Hall–Kier alpha value is -3.55. The number of ether oxygens (including phenoxy) is 1. The molecule has 3 rings (SSSR count). The summed E-state index contributed by atoms with van der Waals surface area (Å²) >= 11 is 0. The van der Waals surface area contributed by atoms with Gasteiger partial charge in [-0.25, -0.2) is 0 Å². The van der Waals surface area contributed by atoms with Crippen LogP contribution in [-0.4, -0.2) is 23.4 Å². The van der Waals surface area contributed by atoms with Crippen LogP contribution in [0.15, 0.2) is 60.8 Å². The fraction of sp³-hybridized carbons (Fsp3) is 0.105. The fourth-order valence-electron chi connectivity index (χ4n) is 2.50. The predicted molar refractivity (Wildman–Crippen MR) is 95.3 cm³/mol. The zero-order chi connectivity index (χ0) is 19.2. The first-order valence-corrected chi connectivity index (χ1v) is 7.99. The Morgan fingerprint density at radius 2 is 1.81 bits per heavy atom. The number of carbonyl (C=O) groups is 2. The molecule has 1 aromatic heterocycles. The number of hydrogen-bond donors (Lipinski definition) is 2. The van der Waals surface area contributed by atoms with Crippen molar-refractivity contribution in [3.63, 3.8) is 0 Å². The van der Waals surface area contributed by atoms with E-state index < -0.39 is 18.4 Å². The molecule has 0 aliphatic rings. The Bertz CT molecular complexity index is 974. The van der Waals surface area contributed by atoms with E-state index in [2.05, 4.69) is 20.4 Å². The van der Waals surface area contributed by atoms with Gasteiger partial charge in [0.05, 0.1) is 5.52 Å². The van der Waals surface area contributed by atoms with Crippen LogP contribution in [0.25, 0.3) is 10.9 Å². The second-order valence-corrected chi connectivity index (χ2v) is 5.54. The first-order valence-electron chi connectivity index (χ1n) is 7.99. The van der Waals surface area contributed by atoms with Crippen molar-refractivity contribution in [2.24, 2.45) is 0 Å². The summed E-state index contributed by atoms with van der Waals surface area (Å²) in [5.41, 5.74) is 1.67. The van der Waals surface area contributed by atoms with Crippen molar-refractivity contribution in [3.8, 4) is 5.75 Å². The van der Waals surface area contributed by atoms with Crippen LogP contribution in [0, 0.1) is 0 Å². The predicted octanol–water partition coefficient (Wildman–Crippen LogP) is 3.09. The lowest BCUT2D eigenvalue weighted by molar-refractivity contribution is -0.136. The monoisotopic (exact) mass is 371 g/mol. The highest BCUT2D eigenvalue weighted by molar-refractivity contribution is 6.39. The minimum atomic E-state index is -2.98. The van der Waals surface area contributed by atoms with Crippen molar-refractivity contribution in [2.45, 2.75) is 13.2 Å². The summed E-state index contributed by atoms with van der Waals surface area (Å²) in [6.07, 6.45) is 1.65. The maximum absolute atomic E-state index is 12.2. The number of rotatable bonds is 5. The second kappa shape index (κ2) is 8.22. The third kappa shape index (κ3) is 4.75. The molecule has 2 aromatic carbocycles. The summed E-state index contributed by atoms with van der Waals surface area (Å²) in [5.74, 6) is -1.90. The molecule has 2 amide bonds. The van der Waals surface area contributed by atoms with Crippen LogP contribution in [0.1, 0.15) is 5.56 Å². The van der Waals surface area contributed by atoms with Crippen LogP contribution in [0.3, 0.4) is 0 Å². The van der Waals surface area contributed by atoms with Gasteiger partial charge in [-0.05, 0) is 23.8 Å². The maximum Gasteiger partial charge on any atom is 0.387 e. The number of hydrogen-bond acceptors (Lipinski definition) is 4. The van der Waals surface area contributed by atoms with E-state index in [-0.39, 0.29) is 18.0 Å². The lowest BCUT2D eigenvalue weighted by Crippen LogP contribution is -2.35. The number of anilines is 1. The third-order valence-corrected chi connectivity index (χ3v) is 3.68. The number of carbonyl (C=O) groups excluding carboxylic acids is 2. The molecule has 0 aliphatic heterocycles. The minimum absolute atomic E-state index is 0.120.